The third-order valence-corrected chi connectivity index (χ3v) is 4.82. The van der Waals surface area contributed by atoms with Crippen LogP contribution in [0.15, 0.2) is 46.4 Å². The van der Waals surface area contributed by atoms with Gasteiger partial charge in [0, 0.05) is 41.4 Å². The molecule has 1 aromatic carbocycles. The number of benzene rings is 1. The Hall–Kier alpha value is -3.19. The summed E-state index contributed by atoms with van der Waals surface area (Å²) in [5.41, 5.74) is 11.4. The van der Waals surface area contributed by atoms with Crippen LogP contribution in [0.5, 0.6) is 0 Å². The number of nitrogens with zero attached hydrogens (tertiary/aromatic N) is 6. The molecule has 0 atom stereocenters. The second kappa shape index (κ2) is 7.09. The molecule has 0 aliphatic carbocycles. The van der Waals surface area contributed by atoms with E-state index >= 15 is 0 Å². The molecule has 3 aromatic rings. The third kappa shape index (κ3) is 3.25. The van der Waals surface area contributed by atoms with E-state index in [1.54, 1.807) is 9.36 Å². The summed E-state index contributed by atoms with van der Waals surface area (Å²) in [5.74, 6) is 1.47. The van der Waals surface area contributed by atoms with E-state index in [0.717, 1.165) is 39.7 Å². The molecule has 1 aliphatic rings. The second-order valence-corrected chi connectivity index (χ2v) is 7.12. The van der Waals surface area contributed by atoms with Crippen molar-refractivity contribution in [1.29, 1.82) is 0 Å². The highest BCUT2D eigenvalue weighted by Gasteiger charge is 2.24. The number of hydrogen-bond acceptors (Lipinski definition) is 4. The molecule has 2 N–H and O–H groups in total. The van der Waals surface area contributed by atoms with E-state index in [0.29, 0.717) is 17.3 Å². The second-order valence-electron chi connectivity index (χ2n) is 6.68. The zero-order chi connectivity index (χ0) is 19.8. The molecule has 7 nitrogen and oxygen atoms in total. The van der Waals surface area contributed by atoms with Gasteiger partial charge in [0.15, 0.2) is 11.6 Å². The number of aliphatic imine (C=N–C) groups is 2. The first-order valence-corrected chi connectivity index (χ1v) is 9.23. The summed E-state index contributed by atoms with van der Waals surface area (Å²) < 4.78 is 3.57. The fraction of sp³-hybridized carbons (Fsp3) is 0.200. The van der Waals surface area contributed by atoms with E-state index in [-0.39, 0.29) is 0 Å². The van der Waals surface area contributed by atoms with Crippen LogP contribution < -0.4 is 5.73 Å². The largest absolute Gasteiger partial charge is 0.390 e. The summed E-state index contributed by atoms with van der Waals surface area (Å²) in [6.45, 7) is 3.92. The normalized spacial score (nSPS) is 14.0. The smallest absolute Gasteiger partial charge is 0.157 e. The van der Waals surface area contributed by atoms with Crippen molar-refractivity contribution in [2.75, 3.05) is 0 Å². The topological polar surface area (TPSA) is 86.4 Å². The molecule has 3 heterocycles. The lowest BCUT2D eigenvalue weighted by Gasteiger charge is -2.05. The van der Waals surface area contributed by atoms with Crippen LogP contribution in [-0.4, -0.2) is 31.6 Å². The maximum Gasteiger partial charge on any atom is 0.157 e. The molecule has 0 bridgehead atoms. The van der Waals surface area contributed by atoms with Crippen molar-refractivity contribution in [2.24, 2.45) is 22.8 Å². The Morgan fingerprint density at radius 1 is 1.21 bits per heavy atom. The molecule has 0 fully saturated rings. The van der Waals surface area contributed by atoms with Crippen LogP contribution in [0.4, 0.5) is 5.82 Å². The van der Waals surface area contributed by atoms with Gasteiger partial charge in [-0.05, 0) is 32.0 Å². The van der Waals surface area contributed by atoms with Crippen molar-refractivity contribution in [1.82, 2.24) is 19.6 Å². The lowest BCUT2D eigenvalue weighted by atomic mass is 10.0. The standard InChI is InChI=1S/C20H20ClN7/c1-12-8-13(2)28(25-12)18(23-11-22)10-16-9-17-19(26-27(3)20(17)24-16)14-4-6-15(21)7-5-14/h4-8,10-11H,9H2,1-3H3,(H2,22,23). The number of hydrogen-bond donors (Lipinski definition) is 1. The fourth-order valence-electron chi connectivity index (χ4n) is 3.38. The van der Waals surface area contributed by atoms with Gasteiger partial charge >= 0.3 is 0 Å². The molecule has 0 unspecified atom stereocenters. The summed E-state index contributed by atoms with van der Waals surface area (Å²) in [6.07, 6.45) is 3.84. The molecule has 0 radical (unpaired) electrons. The van der Waals surface area contributed by atoms with Crippen LogP contribution in [0.3, 0.4) is 0 Å². The fourth-order valence-corrected chi connectivity index (χ4v) is 3.51. The summed E-state index contributed by atoms with van der Waals surface area (Å²) in [5, 5.41) is 9.83. The molecule has 1 aliphatic heterocycles. The predicted octanol–water partition coefficient (Wildman–Crippen LogP) is 3.67. The molecule has 0 saturated heterocycles. The maximum absolute atomic E-state index is 6.02. The molecule has 0 spiro atoms. The van der Waals surface area contributed by atoms with Gasteiger partial charge in [-0.15, -0.1) is 0 Å². The molecule has 0 amide bonds. The predicted molar refractivity (Wildman–Crippen MR) is 113 cm³/mol. The Bertz CT molecular complexity index is 1130. The van der Waals surface area contributed by atoms with Gasteiger partial charge in [0.1, 0.15) is 0 Å². The summed E-state index contributed by atoms with van der Waals surface area (Å²) in [4.78, 5) is 9.05. The minimum atomic E-state index is 0.626. The Morgan fingerprint density at radius 2 is 1.96 bits per heavy atom. The first-order valence-electron chi connectivity index (χ1n) is 8.85. The number of fused-ring (bicyclic) bond motifs is 1. The van der Waals surface area contributed by atoms with Gasteiger partial charge in [-0.3, -0.25) is 4.68 Å². The monoisotopic (exact) mass is 393 g/mol. The van der Waals surface area contributed by atoms with Gasteiger partial charge in [0.2, 0.25) is 0 Å². The van der Waals surface area contributed by atoms with Crippen LogP contribution in [0.2, 0.25) is 5.02 Å². The minimum Gasteiger partial charge on any atom is -0.390 e. The van der Waals surface area contributed by atoms with Gasteiger partial charge in [-0.2, -0.15) is 10.2 Å². The number of nitrogens with two attached hydrogens (primary N) is 1. The summed E-state index contributed by atoms with van der Waals surface area (Å²) in [7, 11) is 1.90. The van der Waals surface area contributed by atoms with E-state index in [1.165, 1.54) is 6.34 Å². The average Bonchev–Trinajstić information content (AvgIpc) is 3.30. The van der Waals surface area contributed by atoms with E-state index < -0.39 is 0 Å². The first-order chi connectivity index (χ1) is 13.5. The van der Waals surface area contributed by atoms with Crippen molar-refractivity contribution in [2.45, 2.75) is 20.3 Å². The van der Waals surface area contributed by atoms with E-state index in [1.807, 2.05) is 57.3 Å². The quantitative estimate of drug-likeness (QED) is 0.542. The van der Waals surface area contributed by atoms with Crippen molar-refractivity contribution in [3.05, 3.63) is 58.4 Å². The number of rotatable bonds is 4. The van der Waals surface area contributed by atoms with Gasteiger partial charge in [0.25, 0.3) is 0 Å². The number of halogens is 1. The molecular weight excluding hydrogens is 374 g/mol. The zero-order valence-corrected chi connectivity index (χ0v) is 16.6. The van der Waals surface area contributed by atoms with Gasteiger partial charge in [-0.25, -0.2) is 14.7 Å². The molecule has 0 saturated carbocycles. The van der Waals surface area contributed by atoms with Gasteiger partial charge in [0.05, 0.1) is 23.4 Å². The van der Waals surface area contributed by atoms with Crippen LogP contribution in [0, 0.1) is 13.8 Å². The minimum absolute atomic E-state index is 0.626. The SMILES string of the molecule is Cc1cc(C)n(C(=CC2=Nc3c(c(-c4ccc(Cl)cc4)nn3C)C2)N=CN)n1. The van der Waals surface area contributed by atoms with Crippen LogP contribution in [0.1, 0.15) is 17.0 Å². The number of aryl methyl sites for hydroxylation is 3. The first kappa shape index (κ1) is 18.2. The summed E-state index contributed by atoms with van der Waals surface area (Å²) >= 11 is 6.02. The van der Waals surface area contributed by atoms with Crippen molar-refractivity contribution in [3.8, 4) is 11.3 Å². The van der Waals surface area contributed by atoms with E-state index in [2.05, 4.69) is 15.2 Å². The highest BCUT2D eigenvalue weighted by molar-refractivity contribution is 6.30. The zero-order valence-electron chi connectivity index (χ0n) is 15.9. The average molecular weight is 394 g/mol. The summed E-state index contributed by atoms with van der Waals surface area (Å²) in [6, 6.07) is 9.67. The highest BCUT2D eigenvalue weighted by atomic mass is 35.5. The Balaban J connectivity index is 1.71. The van der Waals surface area contributed by atoms with E-state index in [9.17, 15) is 0 Å². The van der Waals surface area contributed by atoms with E-state index in [4.69, 9.17) is 22.3 Å². The van der Waals surface area contributed by atoms with Gasteiger partial charge < -0.3 is 5.73 Å². The van der Waals surface area contributed by atoms with Crippen molar-refractivity contribution in [3.63, 3.8) is 0 Å². The van der Waals surface area contributed by atoms with Crippen LogP contribution in [0.25, 0.3) is 17.1 Å². The lowest BCUT2D eigenvalue weighted by Crippen LogP contribution is -2.05. The molecule has 2 aromatic heterocycles. The Morgan fingerprint density at radius 3 is 2.61 bits per heavy atom. The highest BCUT2D eigenvalue weighted by Crippen LogP contribution is 2.35. The molecule has 8 heteroatoms. The number of aromatic nitrogens is 4. The molecular formula is C20H20ClN7. The molecule has 142 valence electrons. The number of allylic oxidation sites excluding steroid dienone is 1. The van der Waals surface area contributed by atoms with Crippen LogP contribution in [-0.2, 0) is 13.5 Å². The molecule has 28 heavy (non-hydrogen) atoms. The Labute approximate surface area is 167 Å². The van der Waals surface area contributed by atoms with Crippen molar-refractivity contribution >= 4 is 35.3 Å². The lowest BCUT2D eigenvalue weighted by molar-refractivity contribution is 0.774. The van der Waals surface area contributed by atoms with Gasteiger partial charge in [-0.1, -0.05) is 23.7 Å². The van der Waals surface area contributed by atoms with Crippen LogP contribution >= 0.6 is 11.6 Å². The maximum atomic E-state index is 6.02. The molecule has 4 rings (SSSR count). The van der Waals surface area contributed by atoms with Crippen molar-refractivity contribution < 1.29 is 0 Å². The third-order valence-electron chi connectivity index (χ3n) is 4.57. The Kier molecular flexibility index (Phi) is 4.60.